The molecular weight excluding hydrogens is 334 g/mol. The SMILES string of the molecule is COc1cc2c(cc1OC)-c1cc(CC(C)c3ccccc3)c(C)n1CC2. The normalized spacial score (nSPS) is 13.6. The zero-order valence-electron chi connectivity index (χ0n) is 16.6. The Morgan fingerprint density at radius 2 is 1.70 bits per heavy atom. The first-order valence-electron chi connectivity index (χ1n) is 9.61. The number of methoxy groups -OCH3 is 2. The first kappa shape index (κ1) is 17.7. The molecule has 1 aromatic heterocycles. The summed E-state index contributed by atoms with van der Waals surface area (Å²) in [5.74, 6) is 2.10. The predicted octanol–water partition coefficient (Wildman–Crippen LogP) is 5.38. The Balaban J connectivity index is 1.72. The van der Waals surface area contributed by atoms with Crippen molar-refractivity contribution in [2.75, 3.05) is 14.2 Å². The summed E-state index contributed by atoms with van der Waals surface area (Å²) in [4.78, 5) is 0. The van der Waals surface area contributed by atoms with Gasteiger partial charge in [0.25, 0.3) is 0 Å². The van der Waals surface area contributed by atoms with Crippen LogP contribution in [0.1, 0.15) is 35.2 Å². The first-order chi connectivity index (χ1) is 13.1. The minimum absolute atomic E-state index is 0.499. The molecule has 0 N–H and O–H groups in total. The lowest BCUT2D eigenvalue weighted by Gasteiger charge is -2.22. The fourth-order valence-corrected chi connectivity index (χ4v) is 4.25. The van der Waals surface area contributed by atoms with E-state index < -0.39 is 0 Å². The highest BCUT2D eigenvalue weighted by molar-refractivity contribution is 5.72. The number of aromatic nitrogens is 1. The summed E-state index contributed by atoms with van der Waals surface area (Å²) in [7, 11) is 3.40. The molecule has 27 heavy (non-hydrogen) atoms. The molecule has 1 atom stereocenters. The maximum Gasteiger partial charge on any atom is 0.161 e. The Morgan fingerprint density at radius 1 is 1.00 bits per heavy atom. The fourth-order valence-electron chi connectivity index (χ4n) is 4.25. The van der Waals surface area contributed by atoms with Crippen molar-refractivity contribution >= 4 is 0 Å². The average molecular weight is 361 g/mol. The molecule has 0 bridgehead atoms. The number of benzene rings is 2. The van der Waals surface area contributed by atoms with Gasteiger partial charge in [-0.3, -0.25) is 0 Å². The summed E-state index contributed by atoms with van der Waals surface area (Å²) >= 11 is 0. The third-order valence-electron chi connectivity index (χ3n) is 5.86. The monoisotopic (exact) mass is 361 g/mol. The molecule has 0 radical (unpaired) electrons. The molecule has 3 heteroatoms. The van der Waals surface area contributed by atoms with Crippen LogP contribution in [0.25, 0.3) is 11.3 Å². The van der Waals surface area contributed by atoms with E-state index in [0.717, 1.165) is 30.9 Å². The molecule has 3 nitrogen and oxygen atoms in total. The highest BCUT2D eigenvalue weighted by Gasteiger charge is 2.23. The van der Waals surface area contributed by atoms with E-state index in [4.69, 9.17) is 9.47 Å². The van der Waals surface area contributed by atoms with Crippen LogP contribution in [0.5, 0.6) is 11.5 Å². The van der Waals surface area contributed by atoms with Gasteiger partial charge in [-0.25, -0.2) is 0 Å². The third kappa shape index (κ3) is 3.12. The van der Waals surface area contributed by atoms with Gasteiger partial charge in [0.2, 0.25) is 0 Å². The van der Waals surface area contributed by atoms with Crippen molar-refractivity contribution < 1.29 is 9.47 Å². The lowest BCUT2D eigenvalue weighted by molar-refractivity contribution is 0.354. The number of fused-ring (bicyclic) bond motifs is 3. The van der Waals surface area contributed by atoms with Crippen LogP contribution >= 0.6 is 0 Å². The molecule has 2 heterocycles. The second-order valence-corrected chi connectivity index (χ2v) is 7.42. The Kier molecular flexibility index (Phi) is 4.69. The van der Waals surface area contributed by atoms with Crippen molar-refractivity contribution in [2.24, 2.45) is 0 Å². The quantitative estimate of drug-likeness (QED) is 0.609. The standard InChI is InChI=1S/C24H27NO2/c1-16(18-8-6-5-7-9-18)12-20-13-22-21-15-24(27-4)23(26-3)14-19(21)10-11-25(22)17(20)2/h5-9,13-16H,10-12H2,1-4H3. The van der Waals surface area contributed by atoms with Gasteiger partial charge in [0.1, 0.15) is 0 Å². The van der Waals surface area contributed by atoms with E-state index in [2.05, 4.69) is 66.9 Å². The van der Waals surface area contributed by atoms with E-state index in [9.17, 15) is 0 Å². The van der Waals surface area contributed by atoms with Gasteiger partial charge in [-0.2, -0.15) is 0 Å². The number of nitrogens with zero attached hydrogens (tertiary/aromatic N) is 1. The molecule has 1 aliphatic rings. The number of hydrogen-bond donors (Lipinski definition) is 0. The smallest absolute Gasteiger partial charge is 0.161 e. The molecule has 0 saturated carbocycles. The van der Waals surface area contributed by atoms with Crippen LogP contribution < -0.4 is 9.47 Å². The Morgan fingerprint density at radius 3 is 2.41 bits per heavy atom. The third-order valence-corrected chi connectivity index (χ3v) is 5.86. The zero-order valence-corrected chi connectivity index (χ0v) is 16.6. The van der Waals surface area contributed by atoms with E-state index in [1.165, 1.54) is 33.6 Å². The molecule has 0 spiro atoms. The van der Waals surface area contributed by atoms with Crippen molar-refractivity contribution in [3.63, 3.8) is 0 Å². The van der Waals surface area contributed by atoms with E-state index in [1.807, 2.05) is 0 Å². The molecule has 2 aromatic carbocycles. The zero-order chi connectivity index (χ0) is 19.0. The van der Waals surface area contributed by atoms with Crippen LogP contribution in [-0.2, 0) is 19.4 Å². The Hall–Kier alpha value is -2.68. The van der Waals surface area contributed by atoms with Crippen LogP contribution in [0.15, 0.2) is 48.5 Å². The topological polar surface area (TPSA) is 23.4 Å². The largest absolute Gasteiger partial charge is 0.493 e. The molecule has 0 aliphatic carbocycles. The molecular formula is C24H27NO2. The van der Waals surface area contributed by atoms with Gasteiger partial charge in [-0.15, -0.1) is 0 Å². The summed E-state index contributed by atoms with van der Waals surface area (Å²) in [6.07, 6.45) is 2.07. The van der Waals surface area contributed by atoms with Crippen molar-refractivity contribution in [3.05, 3.63) is 70.9 Å². The maximum atomic E-state index is 5.54. The fraction of sp³-hybridized carbons (Fsp3) is 0.333. The second kappa shape index (κ2) is 7.15. The minimum Gasteiger partial charge on any atom is -0.493 e. The number of hydrogen-bond acceptors (Lipinski definition) is 2. The van der Waals surface area contributed by atoms with Crippen LogP contribution in [0.4, 0.5) is 0 Å². The molecule has 1 unspecified atom stereocenters. The molecule has 140 valence electrons. The van der Waals surface area contributed by atoms with Crippen molar-refractivity contribution in [2.45, 2.75) is 39.2 Å². The first-order valence-corrected chi connectivity index (χ1v) is 9.61. The van der Waals surface area contributed by atoms with Gasteiger partial charge in [-0.05, 0) is 60.6 Å². The molecule has 3 aromatic rings. The summed E-state index contributed by atoms with van der Waals surface area (Å²) in [6.45, 7) is 5.58. The van der Waals surface area contributed by atoms with Crippen molar-refractivity contribution in [1.29, 1.82) is 0 Å². The summed E-state index contributed by atoms with van der Waals surface area (Å²) in [6, 6.07) is 17.4. The predicted molar refractivity (Wildman–Crippen MR) is 110 cm³/mol. The molecule has 0 saturated heterocycles. The highest BCUT2D eigenvalue weighted by Crippen LogP contribution is 2.40. The van der Waals surface area contributed by atoms with Crippen LogP contribution in [0.2, 0.25) is 0 Å². The van der Waals surface area contributed by atoms with Gasteiger partial charge in [0.05, 0.1) is 14.2 Å². The van der Waals surface area contributed by atoms with Crippen molar-refractivity contribution in [1.82, 2.24) is 4.57 Å². The van der Waals surface area contributed by atoms with Gasteiger partial charge < -0.3 is 14.0 Å². The number of aryl methyl sites for hydroxylation is 1. The van der Waals surface area contributed by atoms with Crippen LogP contribution in [0, 0.1) is 6.92 Å². The van der Waals surface area contributed by atoms with Gasteiger partial charge in [0.15, 0.2) is 11.5 Å². The summed E-state index contributed by atoms with van der Waals surface area (Å²) < 4.78 is 13.5. The Labute approximate surface area is 161 Å². The van der Waals surface area contributed by atoms with Gasteiger partial charge >= 0.3 is 0 Å². The second-order valence-electron chi connectivity index (χ2n) is 7.42. The van der Waals surface area contributed by atoms with Gasteiger partial charge in [0, 0.05) is 23.5 Å². The minimum atomic E-state index is 0.499. The molecule has 4 rings (SSSR count). The lowest BCUT2D eigenvalue weighted by Crippen LogP contribution is -2.12. The summed E-state index contributed by atoms with van der Waals surface area (Å²) in [5, 5.41) is 0. The van der Waals surface area contributed by atoms with E-state index in [1.54, 1.807) is 14.2 Å². The van der Waals surface area contributed by atoms with Gasteiger partial charge in [-0.1, -0.05) is 37.3 Å². The highest BCUT2D eigenvalue weighted by atomic mass is 16.5. The number of ether oxygens (including phenoxy) is 2. The molecule has 0 amide bonds. The van der Waals surface area contributed by atoms with Crippen LogP contribution in [0.3, 0.4) is 0 Å². The van der Waals surface area contributed by atoms with E-state index >= 15 is 0 Å². The van der Waals surface area contributed by atoms with Crippen molar-refractivity contribution in [3.8, 4) is 22.8 Å². The van der Waals surface area contributed by atoms with E-state index in [0.29, 0.717) is 5.92 Å². The maximum absolute atomic E-state index is 5.54. The lowest BCUT2D eigenvalue weighted by atomic mass is 9.93. The van der Waals surface area contributed by atoms with Crippen LogP contribution in [-0.4, -0.2) is 18.8 Å². The Bertz CT molecular complexity index is 956. The van der Waals surface area contributed by atoms with E-state index in [-0.39, 0.29) is 0 Å². The number of rotatable bonds is 5. The molecule has 1 aliphatic heterocycles. The average Bonchev–Trinajstić information content (AvgIpc) is 3.03. The molecule has 0 fully saturated rings. The summed E-state index contributed by atoms with van der Waals surface area (Å²) in [5.41, 5.74) is 8.11.